The molecule has 0 unspecified atom stereocenters. The maximum Gasteiger partial charge on any atom is 0.416 e. The first-order valence-corrected chi connectivity index (χ1v) is 6.72. The molecule has 2 rings (SSSR count). The molecule has 0 radical (unpaired) electrons. The highest BCUT2D eigenvalue weighted by Gasteiger charge is 2.33. The Bertz CT molecular complexity index is 465. The fourth-order valence-electron chi connectivity index (χ4n) is 2.38. The van der Waals surface area contributed by atoms with Gasteiger partial charge in [-0.05, 0) is 38.5 Å². The second-order valence-electron chi connectivity index (χ2n) is 6.10. The fourth-order valence-corrected chi connectivity index (χ4v) is 2.38. The molecular formula is C15H20F3NO. The number of morpholine rings is 1. The fraction of sp³-hybridized carbons (Fsp3) is 0.600. The highest BCUT2D eigenvalue weighted by Crippen LogP contribution is 2.33. The molecule has 0 aromatic heterocycles. The summed E-state index contributed by atoms with van der Waals surface area (Å²) in [6.07, 6.45) is -4.61. The summed E-state index contributed by atoms with van der Waals surface area (Å²) in [7, 11) is 0. The highest BCUT2D eigenvalue weighted by atomic mass is 19.4. The zero-order valence-electron chi connectivity index (χ0n) is 12.0. The van der Waals surface area contributed by atoms with E-state index in [1.807, 2.05) is 0 Å². The van der Waals surface area contributed by atoms with Gasteiger partial charge in [0, 0.05) is 18.6 Å². The lowest BCUT2D eigenvalue weighted by molar-refractivity contribution is -0.137. The van der Waals surface area contributed by atoms with Crippen molar-refractivity contribution in [2.45, 2.75) is 38.6 Å². The van der Waals surface area contributed by atoms with Crippen molar-refractivity contribution in [1.29, 1.82) is 0 Å². The Kier molecular flexibility index (Phi) is 4.12. The molecular weight excluding hydrogens is 267 g/mol. The summed E-state index contributed by atoms with van der Waals surface area (Å²) in [4.78, 5) is 2.24. The van der Waals surface area contributed by atoms with E-state index in [0.717, 1.165) is 12.6 Å². The quantitative estimate of drug-likeness (QED) is 0.777. The van der Waals surface area contributed by atoms with Crippen molar-refractivity contribution in [3.8, 4) is 0 Å². The van der Waals surface area contributed by atoms with Crippen molar-refractivity contribution in [2.75, 3.05) is 19.7 Å². The van der Waals surface area contributed by atoms with Gasteiger partial charge in [0.25, 0.3) is 0 Å². The topological polar surface area (TPSA) is 12.5 Å². The first-order valence-electron chi connectivity index (χ1n) is 6.72. The lowest BCUT2D eigenvalue weighted by Crippen LogP contribution is -2.48. The van der Waals surface area contributed by atoms with Gasteiger partial charge in [0.2, 0.25) is 0 Å². The maximum atomic E-state index is 12.7. The molecule has 0 saturated carbocycles. The molecule has 0 amide bonds. The van der Waals surface area contributed by atoms with Gasteiger partial charge in [-0.15, -0.1) is 0 Å². The zero-order chi connectivity index (χ0) is 15.0. The van der Waals surface area contributed by atoms with Crippen molar-refractivity contribution in [3.05, 3.63) is 35.4 Å². The Balaban J connectivity index is 2.19. The molecule has 1 aliphatic rings. The van der Waals surface area contributed by atoms with Crippen LogP contribution in [0.3, 0.4) is 0 Å². The van der Waals surface area contributed by atoms with Gasteiger partial charge in [-0.3, -0.25) is 4.90 Å². The van der Waals surface area contributed by atoms with E-state index in [2.05, 4.69) is 25.7 Å². The van der Waals surface area contributed by atoms with Crippen LogP contribution in [0, 0.1) is 0 Å². The van der Waals surface area contributed by atoms with Crippen LogP contribution in [-0.2, 0) is 10.9 Å². The van der Waals surface area contributed by atoms with Gasteiger partial charge in [-0.25, -0.2) is 0 Å². The molecule has 1 saturated heterocycles. The van der Waals surface area contributed by atoms with E-state index in [1.165, 1.54) is 12.1 Å². The van der Waals surface area contributed by atoms with E-state index < -0.39 is 11.7 Å². The van der Waals surface area contributed by atoms with Crippen LogP contribution in [0.4, 0.5) is 13.2 Å². The smallest absolute Gasteiger partial charge is 0.371 e. The molecule has 5 heteroatoms. The number of hydrogen-bond acceptors (Lipinski definition) is 2. The molecule has 0 bridgehead atoms. The molecule has 1 fully saturated rings. The normalized spacial score (nSPS) is 22.0. The number of alkyl halides is 3. The minimum absolute atomic E-state index is 0.0103. The Morgan fingerprint density at radius 2 is 1.90 bits per heavy atom. The molecule has 1 aromatic rings. The van der Waals surface area contributed by atoms with Crippen molar-refractivity contribution < 1.29 is 17.9 Å². The number of ether oxygens (including phenoxy) is 1. The molecule has 0 spiro atoms. The van der Waals surface area contributed by atoms with Gasteiger partial charge in [0.15, 0.2) is 0 Å². The Morgan fingerprint density at radius 1 is 1.20 bits per heavy atom. The SMILES string of the molecule is CC(C)(C)N1CCO[C@H](c2cccc(C(F)(F)F)c2)C1. The average molecular weight is 287 g/mol. The summed E-state index contributed by atoms with van der Waals surface area (Å²) in [6.45, 7) is 8.26. The van der Waals surface area contributed by atoms with Crippen LogP contribution in [-0.4, -0.2) is 30.1 Å². The van der Waals surface area contributed by atoms with Crippen LogP contribution >= 0.6 is 0 Å². The molecule has 0 aliphatic carbocycles. The van der Waals surface area contributed by atoms with E-state index in [9.17, 15) is 13.2 Å². The number of rotatable bonds is 1. The van der Waals surface area contributed by atoms with Crippen LogP contribution < -0.4 is 0 Å². The minimum Gasteiger partial charge on any atom is -0.371 e. The summed E-state index contributed by atoms with van der Waals surface area (Å²) in [5.74, 6) is 0. The molecule has 1 aliphatic heterocycles. The first kappa shape index (κ1) is 15.3. The van der Waals surface area contributed by atoms with E-state index in [1.54, 1.807) is 6.07 Å². The second-order valence-corrected chi connectivity index (χ2v) is 6.10. The summed E-state index contributed by atoms with van der Waals surface area (Å²) >= 11 is 0. The molecule has 112 valence electrons. The largest absolute Gasteiger partial charge is 0.416 e. The molecule has 20 heavy (non-hydrogen) atoms. The van der Waals surface area contributed by atoms with Crippen LogP contribution in [0.15, 0.2) is 24.3 Å². The Labute approximate surface area is 117 Å². The lowest BCUT2D eigenvalue weighted by Gasteiger charge is -2.41. The Morgan fingerprint density at radius 3 is 2.50 bits per heavy atom. The van der Waals surface area contributed by atoms with Crippen molar-refractivity contribution >= 4 is 0 Å². The molecule has 0 N–H and O–H groups in total. The summed E-state index contributed by atoms with van der Waals surface area (Å²) in [6, 6.07) is 5.42. The van der Waals surface area contributed by atoms with E-state index in [4.69, 9.17) is 4.74 Å². The van der Waals surface area contributed by atoms with Crippen LogP contribution in [0.25, 0.3) is 0 Å². The van der Waals surface area contributed by atoms with E-state index in [-0.39, 0.29) is 11.6 Å². The van der Waals surface area contributed by atoms with Gasteiger partial charge < -0.3 is 4.74 Å². The predicted octanol–water partition coefficient (Wildman–Crippen LogP) is 3.88. The average Bonchev–Trinajstić information content (AvgIpc) is 2.37. The van der Waals surface area contributed by atoms with Gasteiger partial charge in [0.05, 0.1) is 18.3 Å². The van der Waals surface area contributed by atoms with E-state index in [0.29, 0.717) is 18.7 Å². The maximum absolute atomic E-state index is 12.7. The predicted molar refractivity (Wildman–Crippen MR) is 71.5 cm³/mol. The number of nitrogens with zero attached hydrogens (tertiary/aromatic N) is 1. The van der Waals surface area contributed by atoms with Gasteiger partial charge in [0.1, 0.15) is 0 Å². The van der Waals surface area contributed by atoms with Crippen LogP contribution in [0.1, 0.15) is 38.0 Å². The molecule has 1 atom stereocenters. The van der Waals surface area contributed by atoms with Gasteiger partial charge in [-0.1, -0.05) is 12.1 Å². The molecule has 2 nitrogen and oxygen atoms in total. The third-order valence-electron chi connectivity index (χ3n) is 3.60. The van der Waals surface area contributed by atoms with Crippen LogP contribution in [0.5, 0.6) is 0 Å². The number of benzene rings is 1. The number of halogens is 3. The first-order chi connectivity index (χ1) is 9.18. The summed E-state index contributed by atoms with van der Waals surface area (Å²) < 4.78 is 43.9. The molecule has 1 aromatic carbocycles. The standard InChI is InChI=1S/C15H20F3NO/c1-14(2,3)19-7-8-20-13(10-19)11-5-4-6-12(9-11)15(16,17)18/h4-6,9,13H,7-8,10H2,1-3H3/t13-/m0/s1. The van der Waals surface area contributed by atoms with Crippen molar-refractivity contribution in [2.24, 2.45) is 0 Å². The lowest BCUT2D eigenvalue weighted by atomic mass is 10.0. The Hall–Kier alpha value is -1.07. The van der Waals surface area contributed by atoms with Gasteiger partial charge >= 0.3 is 6.18 Å². The number of hydrogen-bond donors (Lipinski definition) is 0. The third-order valence-corrected chi connectivity index (χ3v) is 3.60. The van der Waals surface area contributed by atoms with Crippen molar-refractivity contribution in [3.63, 3.8) is 0 Å². The zero-order valence-corrected chi connectivity index (χ0v) is 12.0. The van der Waals surface area contributed by atoms with Crippen molar-refractivity contribution in [1.82, 2.24) is 4.90 Å². The van der Waals surface area contributed by atoms with Gasteiger partial charge in [-0.2, -0.15) is 13.2 Å². The third kappa shape index (κ3) is 3.52. The minimum atomic E-state index is -4.31. The van der Waals surface area contributed by atoms with E-state index >= 15 is 0 Å². The highest BCUT2D eigenvalue weighted by molar-refractivity contribution is 5.27. The second kappa shape index (κ2) is 5.37. The monoisotopic (exact) mass is 287 g/mol. The summed E-state index contributed by atoms with van der Waals surface area (Å²) in [5.41, 5.74) is -0.0378. The molecule has 1 heterocycles. The van der Waals surface area contributed by atoms with Crippen LogP contribution in [0.2, 0.25) is 0 Å². The summed E-state index contributed by atoms with van der Waals surface area (Å²) in [5, 5.41) is 0.